The summed E-state index contributed by atoms with van der Waals surface area (Å²) in [6.45, 7) is 0.784. The molecular formula is C20H25N5O5S. The number of carbonyl (C=O) groups excluding carboxylic acids is 2. The number of pyridine rings is 2. The third-order valence-electron chi connectivity index (χ3n) is 4.31. The summed E-state index contributed by atoms with van der Waals surface area (Å²) in [5.41, 5.74) is -0.193. The monoisotopic (exact) mass is 450 g/mol. The number of anilines is 3. The van der Waals surface area contributed by atoms with Gasteiger partial charge in [0.05, 0.1) is 23.6 Å². The molecule has 1 aliphatic rings. The predicted octanol–water partition coefficient (Wildman–Crippen LogP) is 2.12. The van der Waals surface area contributed by atoms with Gasteiger partial charge in [0.2, 0.25) is 5.91 Å². The Balaban J connectivity index is 2.03. The molecule has 2 aromatic rings. The van der Waals surface area contributed by atoms with Crippen molar-refractivity contribution in [1.82, 2.24) is 15.3 Å². The summed E-state index contributed by atoms with van der Waals surface area (Å²) in [5.74, 6) is -1.10. The summed E-state index contributed by atoms with van der Waals surface area (Å²) >= 11 is 0. The van der Waals surface area contributed by atoms with Gasteiger partial charge in [0.1, 0.15) is 22.3 Å². The van der Waals surface area contributed by atoms with Crippen molar-refractivity contribution in [2.45, 2.75) is 37.7 Å². The third kappa shape index (κ3) is 5.69. The van der Waals surface area contributed by atoms with Gasteiger partial charge in [-0.3, -0.25) is 9.59 Å². The van der Waals surface area contributed by atoms with E-state index < -0.39 is 22.7 Å². The van der Waals surface area contributed by atoms with Gasteiger partial charge in [0.25, 0.3) is 5.91 Å². The van der Waals surface area contributed by atoms with Crippen LogP contribution >= 0.6 is 0 Å². The molecule has 0 radical (unpaired) electrons. The fraction of sp³-hybridized carbons (Fsp3) is 0.400. The fourth-order valence-electron chi connectivity index (χ4n) is 2.72. The molecule has 11 heteroatoms. The Bertz CT molecular complexity index is 1210. The van der Waals surface area contributed by atoms with Crippen LogP contribution in [0.2, 0.25) is 0 Å². The highest BCUT2D eigenvalue weighted by Crippen LogP contribution is 2.32. The van der Waals surface area contributed by atoms with Gasteiger partial charge in [0, 0.05) is 41.6 Å². The van der Waals surface area contributed by atoms with E-state index in [0.717, 1.165) is 25.3 Å². The molecule has 1 saturated carbocycles. The number of aromatic nitrogens is 2. The lowest BCUT2D eigenvalue weighted by molar-refractivity contribution is -0.117. The van der Waals surface area contributed by atoms with Gasteiger partial charge in [-0.15, -0.1) is 0 Å². The maximum atomic E-state index is 12.6. The van der Waals surface area contributed by atoms with E-state index in [1.54, 1.807) is 13.8 Å². The van der Waals surface area contributed by atoms with Crippen LogP contribution < -0.4 is 20.7 Å². The molecular weight excluding hydrogens is 422 g/mol. The van der Waals surface area contributed by atoms with Crippen LogP contribution in [0.1, 0.15) is 41.2 Å². The van der Waals surface area contributed by atoms with Crippen molar-refractivity contribution in [1.29, 1.82) is 0 Å². The second kappa shape index (κ2) is 8.88. The lowest BCUT2D eigenvalue weighted by Gasteiger charge is -2.16. The summed E-state index contributed by atoms with van der Waals surface area (Å²) in [4.78, 5) is 32.7. The topological polar surface area (TPSA) is 139 Å². The molecule has 0 aromatic carbocycles. The number of hydrogen-bond donors (Lipinski definition) is 3. The lowest BCUT2D eigenvalue weighted by atomic mass is 10.2. The third-order valence-corrected chi connectivity index (χ3v) is 5.42. The van der Waals surface area contributed by atoms with Gasteiger partial charge in [-0.1, -0.05) is 0 Å². The van der Waals surface area contributed by atoms with Crippen LogP contribution in [0.25, 0.3) is 0 Å². The number of amides is 2. The largest absolute Gasteiger partial charge is 0.489 e. The summed E-state index contributed by atoms with van der Waals surface area (Å²) in [6.07, 6.45) is 4.70. The second-order valence-electron chi connectivity index (χ2n) is 7.41. The maximum absolute atomic E-state index is 12.6. The number of rotatable bonds is 8. The molecule has 166 valence electrons. The Labute approximate surface area is 184 Å². The van der Waals surface area contributed by atoms with E-state index in [4.69, 9.17) is 8.85 Å². The molecule has 2 amide bonds. The first kappa shape index (κ1) is 18.6. The molecule has 10 nitrogen and oxygen atoms in total. The quantitative estimate of drug-likeness (QED) is 0.556. The first-order valence-electron chi connectivity index (χ1n) is 11.0. The first-order chi connectivity index (χ1) is 15.7. The Kier molecular flexibility index (Phi) is 5.31. The van der Waals surface area contributed by atoms with Crippen molar-refractivity contribution in [2.75, 3.05) is 23.9 Å². The normalized spacial score (nSPS) is 15.4. The van der Waals surface area contributed by atoms with Gasteiger partial charge in [-0.2, -0.15) is 0 Å². The summed E-state index contributed by atoms with van der Waals surface area (Å²) in [7, 11) is -3.79. The summed E-state index contributed by atoms with van der Waals surface area (Å²) < 4.78 is 52.2. The smallest absolute Gasteiger partial charge is 0.254 e. The zero-order chi connectivity index (χ0) is 25.3. The van der Waals surface area contributed by atoms with Gasteiger partial charge < -0.3 is 20.7 Å². The number of nitrogens with one attached hydrogen (secondary N) is 3. The Morgan fingerprint density at radius 1 is 1.23 bits per heavy atom. The van der Waals surface area contributed by atoms with Crippen LogP contribution in [0.3, 0.4) is 0 Å². The van der Waals surface area contributed by atoms with Crippen LogP contribution in [-0.2, 0) is 14.6 Å². The predicted molar refractivity (Wildman–Crippen MR) is 115 cm³/mol. The van der Waals surface area contributed by atoms with E-state index in [2.05, 4.69) is 20.6 Å². The van der Waals surface area contributed by atoms with E-state index in [9.17, 15) is 18.0 Å². The Hall–Kier alpha value is -3.21. The highest BCUT2D eigenvalue weighted by molar-refractivity contribution is 7.90. The SMILES string of the molecule is [2H]C([2H])([2H])NC(=O)c1cnc(NC(=O)C2CC2)cc1Nc1ncc(OC(C)C)cc1S(C)(=O)=O. The molecule has 2 aromatic heterocycles. The minimum Gasteiger partial charge on any atom is -0.489 e. The van der Waals surface area contributed by atoms with E-state index in [1.807, 2.05) is 5.32 Å². The van der Waals surface area contributed by atoms with Crippen LogP contribution in [0.15, 0.2) is 29.4 Å². The molecule has 0 saturated heterocycles. The van der Waals surface area contributed by atoms with Crippen LogP contribution in [-0.4, -0.2) is 49.5 Å². The molecule has 0 bridgehead atoms. The molecule has 2 heterocycles. The highest BCUT2D eigenvalue weighted by atomic mass is 32.2. The van der Waals surface area contributed by atoms with Gasteiger partial charge in [-0.05, 0) is 26.7 Å². The summed E-state index contributed by atoms with van der Waals surface area (Å²) in [6, 6.07) is 2.60. The molecule has 0 atom stereocenters. The summed E-state index contributed by atoms with van der Waals surface area (Å²) in [5, 5.41) is 7.26. The first-order valence-corrected chi connectivity index (χ1v) is 11.4. The lowest BCUT2D eigenvalue weighted by Crippen LogP contribution is -2.21. The van der Waals surface area contributed by atoms with Crippen molar-refractivity contribution in [3.63, 3.8) is 0 Å². The molecule has 0 spiro atoms. The van der Waals surface area contributed by atoms with Gasteiger partial charge >= 0.3 is 0 Å². The van der Waals surface area contributed by atoms with Crippen molar-refractivity contribution in [3.8, 4) is 5.75 Å². The van der Waals surface area contributed by atoms with E-state index >= 15 is 0 Å². The molecule has 0 unspecified atom stereocenters. The zero-order valence-electron chi connectivity index (χ0n) is 20.2. The van der Waals surface area contributed by atoms with E-state index in [0.29, 0.717) is 0 Å². The van der Waals surface area contributed by atoms with Crippen molar-refractivity contribution < 1.29 is 26.9 Å². The van der Waals surface area contributed by atoms with Crippen molar-refractivity contribution >= 4 is 39.0 Å². The molecule has 31 heavy (non-hydrogen) atoms. The molecule has 1 aliphatic carbocycles. The minimum atomic E-state index is -3.79. The Morgan fingerprint density at radius 3 is 2.58 bits per heavy atom. The molecule has 3 N–H and O–H groups in total. The van der Waals surface area contributed by atoms with Crippen LogP contribution in [0.4, 0.5) is 17.3 Å². The Morgan fingerprint density at radius 2 is 1.97 bits per heavy atom. The number of ether oxygens (including phenoxy) is 1. The second-order valence-corrected chi connectivity index (χ2v) is 9.40. The minimum absolute atomic E-state index is 0.00206. The number of sulfone groups is 1. The molecule has 1 fully saturated rings. The maximum Gasteiger partial charge on any atom is 0.254 e. The number of carbonyl (C=O) groups is 2. The van der Waals surface area contributed by atoms with Crippen LogP contribution in [0.5, 0.6) is 5.75 Å². The van der Waals surface area contributed by atoms with E-state index in [-0.39, 0.29) is 51.5 Å². The number of nitrogens with zero attached hydrogens (tertiary/aromatic N) is 2. The molecule has 3 rings (SSSR count). The van der Waals surface area contributed by atoms with E-state index in [1.165, 1.54) is 18.3 Å². The zero-order valence-corrected chi connectivity index (χ0v) is 18.0. The average molecular weight is 451 g/mol. The van der Waals surface area contributed by atoms with Gasteiger partial charge in [-0.25, -0.2) is 18.4 Å². The van der Waals surface area contributed by atoms with Crippen molar-refractivity contribution in [2.24, 2.45) is 5.92 Å². The highest BCUT2D eigenvalue weighted by Gasteiger charge is 2.30. The number of hydrogen-bond acceptors (Lipinski definition) is 8. The molecule has 0 aliphatic heterocycles. The fourth-order valence-corrected chi connectivity index (χ4v) is 3.50. The standard InChI is InChI=1S/C20H25N5O5S/c1-11(2)30-13-7-16(31(4,28)29)18(23-9-13)24-15-8-17(25-19(26)12-5-6-12)22-10-14(15)20(27)21-3/h7-12H,5-6H2,1-4H3,(H,21,27)(H2,22,23,24,25,26)/i3D3. The average Bonchev–Trinajstić information content (AvgIpc) is 3.52. The van der Waals surface area contributed by atoms with Crippen molar-refractivity contribution in [3.05, 3.63) is 30.1 Å². The van der Waals surface area contributed by atoms with Gasteiger partial charge in [0.15, 0.2) is 9.84 Å². The van der Waals surface area contributed by atoms with Crippen LogP contribution in [0, 0.1) is 5.92 Å².